The Balaban J connectivity index is 1.85. The first-order valence-electron chi connectivity index (χ1n) is 10.6. The molecule has 1 saturated carbocycles. The number of ether oxygens (including phenoxy) is 1. The lowest BCUT2D eigenvalue weighted by Gasteiger charge is -2.33. The van der Waals surface area contributed by atoms with Gasteiger partial charge in [-0.25, -0.2) is 0 Å². The Bertz CT molecular complexity index is 669. The summed E-state index contributed by atoms with van der Waals surface area (Å²) < 4.78 is 5.74. The molecule has 7 heteroatoms. The molecular formula is C22H30Cl2N2O3. The van der Waals surface area contributed by atoms with Gasteiger partial charge in [-0.3, -0.25) is 9.59 Å². The summed E-state index contributed by atoms with van der Waals surface area (Å²) >= 11 is 12.0. The van der Waals surface area contributed by atoms with Crippen molar-refractivity contribution >= 4 is 35.0 Å². The number of carbonyl (C=O) groups is 2. The van der Waals surface area contributed by atoms with E-state index in [1.54, 1.807) is 17.0 Å². The number of hydrogen-bond donors (Lipinski definition) is 1. The molecule has 0 radical (unpaired) electrons. The van der Waals surface area contributed by atoms with E-state index >= 15 is 0 Å². The van der Waals surface area contributed by atoms with Gasteiger partial charge in [0.2, 0.25) is 11.8 Å². The van der Waals surface area contributed by atoms with Gasteiger partial charge < -0.3 is 15.0 Å². The predicted octanol–water partition coefficient (Wildman–Crippen LogP) is 4.47. The molecule has 0 bridgehead atoms. The fraction of sp³-hybridized carbons (Fsp3) is 0.636. The third kappa shape index (κ3) is 6.34. The van der Waals surface area contributed by atoms with Crippen LogP contribution in [0, 0.1) is 0 Å². The van der Waals surface area contributed by atoms with Gasteiger partial charge in [0.15, 0.2) is 0 Å². The molecule has 1 aromatic rings. The largest absolute Gasteiger partial charge is 0.376 e. The predicted molar refractivity (Wildman–Crippen MR) is 115 cm³/mol. The first-order valence-corrected chi connectivity index (χ1v) is 11.5. The highest BCUT2D eigenvalue weighted by molar-refractivity contribution is 6.30. The zero-order valence-corrected chi connectivity index (χ0v) is 18.3. The fourth-order valence-corrected chi connectivity index (χ4v) is 4.54. The number of amides is 2. The molecule has 0 aromatic heterocycles. The van der Waals surface area contributed by atoms with E-state index in [1.807, 2.05) is 12.1 Å². The molecule has 0 unspecified atom stereocenters. The van der Waals surface area contributed by atoms with E-state index in [1.165, 1.54) is 12.8 Å². The van der Waals surface area contributed by atoms with Crippen LogP contribution in [0.2, 0.25) is 5.02 Å². The minimum absolute atomic E-state index is 0.0670. The lowest BCUT2D eigenvalue weighted by Crippen LogP contribution is -2.49. The Hall–Kier alpha value is -1.30. The van der Waals surface area contributed by atoms with Crippen molar-refractivity contribution in [1.29, 1.82) is 0 Å². The molecule has 0 spiro atoms. The third-order valence-electron chi connectivity index (χ3n) is 5.81. The Morgan fingerprint density at radius 2 is 1.76 bits per heavy atom. The van der Waals surface area contributed by atoms with Gasteiger partial charge in [0.25, 0.3) is 0 Å². The number of halogens is 2. The molecule has 1 aliphatic heterocycles. The summed E-state index contributed by atoms with van der Waals surface area (Å²) in [7, 11) is 0. The molecule has 1 saturated heterocycles. The van der Waals surface area contributed by atoms with Gasteiger partial charge in [0.05, 0.1) is 6.10 Å². The smallest absolute Gasteiger partial charge is 0.247 e. The molecule has 3 rings (SSSR count). The van der Waals surface area contributed by atoms with Gasteiger partial charge in [0.1, 0.15) is 11.9 Å². The van der Waals surface area contributed by atoms with Crippen molar-refractivity contribution in [1.82, 2.24) is 10.2 Å². The molecule has 1 heterocycles. The maximum Gasteiger partial charge on any atom is 0.247 e. The highest BCUT2D eigenvalue weighted by Gasteiger charge is 2.34. The Morgan fingerprint density at radius 3 is 2.34 bits per heavy atom. The summed E-state index contributed by atoms with van der Waals surface area (Å²) in [6.07, 6.45) is 8.40. The number of nitrogens with zero attached hydrogens (tertiary/aromatic N) is 1. The van der Waals surface area contributed by atoms with E-state index < -0.39 is 6.04 Å². The lowest BCUT2D eigenvalue weighted by atomic mass is 10.0. The fourth-order valence-electron chi connectivity index (χ4n) is 4.26. The van der Waals surface area contributed by atoms with Crippen LogP contribution in [0.4, 0.5) is 0 Å². The zero-order valence-electron chi connectivity index (χ0n) is 16.7. The quantitative estimate of drug-likeness (QED) is 0.502. The third-order valence-corrected chi connectivity index (χ3v) is 6.29. The molecule has 1 N–H and O–H groups in total. The SMILES string of the molecule is O=C(NC1CCCCCC1)[C@H](c1ccc(Cl)cc1)N(C[C@@H]1CCCO1)C(=O)CCl. The van der Waals surface area contributed by atoms with Crippen LogP contribution in [0.5, 0.6) is 0 Å². The van der Waals surface area contributed by atoms with E-state index in [0.29, 0.717) is 18.2 Å². The minimum atomic E-state index is -0.744. The Labute approximate surface area is 183 Å². The van der Waals surface area contributed by atoms with E-state index in [2.05, 4.69) is 5.32 Å². The zero-order chi connectivity index (χ0) is 20.6. The van der Waals surface area contributed by atoms with Crippen molar-refractivity contribution in [3.8, 4) is 0 Å². The van der Waals surface area contributed by atoms with Crippen LogP contribution in [0.15, 0.2) is 24.3 Å². The standard InChI is InChI=1S/C22H30Cl2N2O3/c23-14-20(27)26(15-19-8-5-13-29-19)21(16-9-11-17(24)12-10-16)22(28)25-18-6-3-1-2-4-7-18/h9-12,18-19,21H,1-8,13-15H2,(H,25,28)/t19-,21-/m0/s1. The second-order valence-electron chi connectivity index (χ2n) is 7.97. The van der Waals surface area contributed by atoms with E-state index in [9.17, 15) is 9.59 Å². The summed E-state index contributed by atoms with van der Waals surface area (Å²) in [5.41, 5.74) is 0.733. The monoisotopic (exact) mass is 440 g/mol. The van der Waals surface area contributed by atoms with Crippen LogP contribution in [0.3, 0.4) is 0 Å². The van der Waals surface area contributed by atoms with Gasteiger partial charge in [-0.2, -0.15) is 0 Å². The van der Waals surface area contributed by atoms with Crippen LogP contribution >= 0.6 is 23.2 Å². The van der Waals surface area contributed by atoms with Crippen molar-refractivity contribution < 1.29 is 14.3 Å². The molecule has 5 nitrogen and oxygen atoms in total. The molecule has 160 valence electrons. The van der Waals surface area contributed by atoms with Gasteiger partial charge >= 0.3 is 0 Å². The average Bonchev–Trinajstić information content (AvgIpc) is 3.11. The molecule has 1 aromatic carbocycles. The van der Waals surface area contributed by atoms with E-state index in [0.717, 1.165) is 44.1 Å². The van der Waals surface area contributed by atoms with Crippen LogP contribution in [-0.2, 0) is 14.3 Å². The number of carbonyl (C=O) groups excluding carboxylic acids is 2. The van der Waals surface area contributed by atoms with Crippen molar-refractivity contribution in [2.75, 3.05) is 19.0 Å². The molecule has 2 fully saturated rings. The average molecular weight is 441 g/mol. The molecule has 2 atom stereocenters. The molecule has 29 heavy (non-hydrogen) atoms. The van der Waals surface area contributed by atoms with Crippen LogP contribution in [0.25, 0.3) is 0 Å². The van der Waals surface area contributed by atoms with Crippen molar-refractivity contribution in [3.05, 3.63) is 34.9 Å². The van der Waals surface area contributed by atoms with Crippen LogP contribution in [-0.4, -0.2) is 47.9 Å². The highest BCUT2D eigenvalue weighted by Crippen LogP contribution is 2.27. The first kappa shape index (κ1) is 22.4. The minimum Gasteiger partial charge on any atom is -0.376 e. The second kappa shape index (κ2) is 11.2. The number of nitrogens with one attached hydrogen (secondary N) is 1. The number of benzene rings is 1. The number of alkyl halides is 1. The summed E-state index contributed by atoms with van der Waals surface area (Å²) in [6, 6.07) is 6.52. The van der Waals surface area contributed by atoms with Crippen molar-refractivity contribution in [2.45, 2.75) is 69.6 Å². The van der Waals surface area contributed by atoms with E-state index in [-0.39, 0.29) is 29.8 Å². The van der Waals surface area contributed by atoms with E-state index in [4.69, 9.17) is 27.9 Å². The Kier molecular flexibility index (Phi) is 8.64. The molecular weight excluding hydrogens is 411 g/mol. The first-order chi connectivity index (χ1) is 14.1. The van der Waals surface area contributed by atoms with Crippen molar-refractivity contribution in [3.63, 3.8) is 0 Å². The summed E-state index contributed by atoms with van der Waals surface area (Å²) in [4.78, 5) is 27.8. The van der Waals surface area contributed by atoms with Gasteiger partial charge in [0, 0.05) is 24.2 Å². The lowest BCUT2D eigenvalue weighted by molar-refractivity contribution is -0.141. The molecule has 2 aliphatic rings. The number of hydrogen-bond acceptors (Lipinski definition) is 3. The molecule has 2 amide bonds. The highest BCUT2D eigenvalue weighted by atomic mass is 35.5. The normalized spacial score (nSPS) is 21.4. The second-order valence-corrected chi connectivity index (χ2v) is 8.67. The number of rotatable bonds is 7. The summed E-state index contributed by atoms with van der Waals surface area (Å²) in [6.45, 7) is 1.05. The maximum absolute atomic E-state index is 13.4. The van der Waals surface area contributed by atoms with Crippen molar-refractivity contribution in [2.24, 2.45) is 0 Å². The molecule has 1 aliphatic carbocycles. The van der Waals surface area contributed by atoms with Crippen LogP contribution in [0.1, 0.15) is 63.0 Å². The maximum atomic E-state index is 13.4. The van der Waals surface area contributed by atoms with Gasteiger partial charge in [-0.05, 0) is 43.4 Å². The summed E-state index contributed by atoms with van der Waals surface area (Å²) in [5, 5.41) is 3.80. The van der Waals surface area contributed by atoms with Gasteiger partial charge in [-0.15, -0.1) is 11.6 Å². The van der Waals surface area contributed by atoms with Gasteiger partial charge in [-0.1, -0.05) is 49.4 Å². The Morgan fingerprint density at radius 1 is 1.07 bits per heavy atom. The topological polar surface area (TPSA) is 58.6 Å². The summed E-state index contributed by atoms with van der Waals surface area (Å²) in [5.74, 6) is -0.595. The van der Waals surface area contributed by atoms with Crippen LogP contribution < -0.4 is 5.32 Å².